The zero-order chi connectivity index (χ0) is 19.1. The molecule has 0 atom stereocenters. The number of halogens is 3. The summed E-state index contributed by atoms with van der Waals surface area (Å²) in [5.41, 5.74) is 5.48. The van der Waals surface area contributed by atoms with Crippen LogP contribution < -0.4 is 15.6 Å². The van der Waals surface area contributed by atoms with E-state index in [0.717, 1.165) is 17.7 Å². The number of benzene rings is 2. The van der Waals surface area contributed by atoms with E-state index in [0.29, 0.717) is 23.8 Å². The van der Waals surface area contributed by atoms with Crippen molar-refractivity contribution in [3.05, 3.63) is 63.4 Å². The van der Waals surface area contributed by atoms with Crippen molar-refractivity contribution in [2.24, 2.45) is 0 Å². The van der Waals surface area contributed by atoms with Crippen LogP contribution in [0.4, 0.5) is 4.39 Å². The quantitative estimate of drug-likeness (QED) is 0.569. The number of hydrazine groups is 1. The van der Waals surface area contributed by atoms with Gasteiger partial charge in [-0.1, -0.05) is 23.2 Å². The fraction of sp³-hybridized carbons (Fsp3) is 0.222. The Labute approximate surface area is 160 Å². The Balaban J connectivity index is 1.71. The molecule has 0 heterocycles. The molecule has 0 aromatic heterocycles. The zero-order valence-corrected chi connectivity index (χ0v) is 15.5. The first-order valence-corrected chi connectivity index (χ1v) is 8.55. The highest BCUT2D eigenvalue weighted by atomic mass is 35.5. The molecule has 0 aliphatic rings. The molecular weight excluding hydrogens is 382 g/mol. The van der Waals surface area contributed by atoms with E-state index in [1.165, 1.54) is 6.07 Å². The molecule has 0 aliphatic carbocycles. The zero-order valence-electron chi connectivity index (χ0n) is 13.9. The Bertz CT molecular complexity index is 815. The third kappa shape index (κ3) is 5.89. The lowest BCUT2D eigenvalue weighted by atomic mass is 10.2. The van der Waals surface area contributed by atoms with E-state index in [1.807, 2.05) is 6.92 Å². The van der Waals surface area contributed by atoms with E-state index < -0.39 is 11.7 Å². The third-order valence-corrected chi connectivity index (χ3v) is 3.98. The van der Waals surface area contributed by atoms with Crippen LogP contribution in [-0.4, -0.2) is 18.4 Å². The molecule has 0 bridgehead atoms. The molecular formula is C18H17Cl2FN2O3. The molecule has 0 aliphatic heterocycles. The van der Waals surface area contributed by atoms with E-state index in [9.17, 15) is 14.0 Å². The molecule has 2 amide bonds. The second kappa shape index (κ2) is 9.40. The van der Waals surface area contributed by atoms with Gasteiger partial charge in [0.25, 0.3) is 5.91 Å². The minimum Gasteiger partial charge on any atom is -0.493 e. The average Bonchev–Trinajstić information content (AvgIpc) is 2.58. The largest absolute Gasteiger partial charge is 0.493 e. The summed E-state index contributed by atoms with van der Waals surface area (Å²) in [6.45, 7) is 2.22. The van der Waals surface area contributed by atoms with E-state index in [-0.39, 0.29) is 22.9 Å². The fourth-order valence-electron chi connectivity index (χ4n) is 2.12. The maximum absolute atomic E-state index is 13.0. The summed E-state index contributed by atoms with van der Waals surface area (Å²) in [5.74, 6) is -0.857. The standard InChI is InChI=1S/C18H17Cl2FN2O3/c1-11-9-12(19)4-7-16(11)26-8-2-3-17(24)22-23-18(25)14-6-5-13(21)10-15(14)20/h4-7,9-10H,2-3,8H2,1H3,(H,22,24)(H,23,25). The van der Waals surface area contributed by atoms with Gasteiger partial charge in [0, 0.05) is 11.4 Å². The first kappa shape index (κ1) is 20.0. The van der Waals surface area contributed by atoms with E-state index in [1.54, 1.807) is 18.2 Å². The summed E-state index contributed by atoms with van der Waals surface area (Å²) in [6, 6.07) is 8.66. The van der Waals surface area contributed by atoms with Gasteiger partial charge in [0.1, 0.15) is 11.6 Å². The normalized spacial score (nSPS) is 10.3. The minimum absolute atomic E-state index is 0.0384. The van der Waals surface area contributed by atoms with Gasteiger partial charge in [0.2, 0.25) is 5.91 Å². The average molecular weight is 399 g/mol. The van der Waals surface area contributed by atoms with Crippen molar-refractivity contribution in [1.29, 1.82) is 0 Å². The summed E-state index contributed by atoms with van der Waals surface area (Å²) in [4.78, 5) is 23.6. The number of ether oxygens (including phenoxy) is 1. The predicted molar refractivity (Wildman–Crippen MR) is 97.9 cm³/mol. The number of hydrogen-bond donors (Lipinski definition) is 2. The molecule has 0 saturated heterocycles. The Morgan fingerprint density at radius 1 is 1.12 bits per heavy atom. The summed E-state index contributed by atoms with van der Waals surface area (Å²) in [7, 11) is 0. The van der Waals surface area contributed by atoms with Crippen molar-refractivity contribution in [2.75, 3.05) is 6.61 Å². The number of carbonyl (C=O) groups excluding carboxylic acids is 2. The summed E-state index contributed by atoms with van der Waals surface area (Å²) < 4.78 is 18.5. The van der Waals surface area contributed by atoms with Crippen LogP contribution in [0, 0.1) is 12.7 Å². The maximum Gasteiger partial charge on any atom is 0.271 e. The molecule has 0 saturated carbocycles. The highest BCUT2D eigenvalue weighted by Crippen LogP contribution is 2.22. The molecule has 0 radical (unpaired) electrons. The van der Waals surface area contributed by atoms with Crippen LogP contribution >= 0.6 is 23.2 Å². The van der Waals surface area contributed by atoms with Gasteiger partial charge in [-0.25, -0.2) is 4.39 Å². The van der Waals surface area contributed by atoms with Gasteiger partial charge in [0.05, 0.1) is 17.2 Å². The summed E-state index contributed by atoms with van der Waals surface area (Å²) >= 11 is 11.7. The van der Waals surface area contributed by atoms with Gasteiger partial charge in [-0.15, -0.1) is 0 Å². The topological polar surface area (TPSA) is 67.4 Å². The molecule has 2 aromatic carbocycles. The summed E-state index contributed by atoms with van der Waals surface area (Å²) in [6.07, 6.45) is 0.616. The van der Waals surface area contributed by atoms with Crippen molar-refractivity contribution in [1.82, 2.24) is 10.9 Å². The lowest BCUT2D eigenvalue weighted by Crippen LogP contribution is -2.41. The number of amides is 2. The number of hydrogen-bond acceptors (Lipinski definition) is 3. The molecule has 2 N–H and O–H groups in total. The molecule has 2 rings (SSSR count). The third-order valence-electron chi connectivity index (χ3n) is 3.43. The molecule has 0 spiro atoms. The van der Waals surface area contributed by atoms with Gasteiger partial charge in [0.15, 0.2) is 0 Å². The second-order valence-corrected chi connectivity index (χ2v) is 6.33. The summed E-state index contributed by atoms with van der Waals surface area (Å²) in [5, 5.41) is 0.592. The minimum atomic E-state index is -0.628. The van der Waals surface area contributed by atoms with Crippen molar-refractivity contribution in [2.45, 2.75) is 19.8 Å². The van der Waals surface area contributed by atoms with Crippen molar-refractivity contribution >= 4 is 35.0 Å². The Morgan fingerprint density at radius 2 is 1.88 bits per heavy atom. The van der Waals surface area contributed by atoms with Crippen molar-refractivity contribution in [3.63, 3.8) is 0 Å². The van der Waals surface area contributed by atoms with Crippen molar-refractivity contribution in [3.8, 4) is 5.75 Å². The maximum atomic E-state index is 13.0. The first-order chi connectivity index (χ1) is 12.4. The van der Waals surface area contributed by atoms with Crippen LogP contribution in [0.15, 0.2) is 36.4 Å². The van der Waals surface area contributed by atoms with Gasteiger partial charge in [-0.05, 0) is 55.3 Å². The van der Waals surface area contributed by atoms with Gasteiger partial charge in [-0.3, -0.25) is 20.4 Å². The highest BCUT2D eigenvalue weighted by Gasteiger charge is 2.12. The SMILES string of the molecule is Cc1cc(Cl)ccc1OCCCC(=O)NNC(=O)c1ccc(F)cc1Cl. The van der Waals surface area contributed by atoms with Gasteiger partial charge < -0.3 is 4.74 Å². The van der Waals surface area contributed by atoms with Crippen LogP contribution in [0.3, 0.4) is 0 Å². The predicted octanol–water partition coefficient (Wildman–Crippen LogP) is 4.06. The molecule has 8 heteroatoms. The lowest BCUT2D eigenvalue weighted by molar-refractivity contribution is -0.122. The second-order valence-electron chi connectivity index (χ2n) is 5.49. The number of rotatable bonds is 6. The Hall–Kier alpha value is -2.31. The molecule has 0 fully saturated rings. The van der Waals surface area contributed by atoms with E-state index in [4.69, 9.17) is 27.9 Å². The first-order valence-electron chi connectivity index (χ1n) is 7.80. The van der Waals surface area contributed by atoms with Crippen LogP contribution in [0.25, 0.3) is 0 Å². The van der Waals surface area contributed by atoms with Gasteiger partial charge >= 0.3 is 0 Å². The molecule has 26 heavy (non-hydrogen) atoms. The van der Waals surface area contributed by atoms with E-state index >= 15 is 0 Å². The molecule has 138 valence electrons. The lowest BCUT2D eigenvalue weighted by Gasteiger charge is -2.10. The Kier molecular flexibility index (Phi) is 7.24. The van der Waals surface area contributed by atoms with Crippen molar-refractivity contribution < 1.29 is 18.7 Å². The van der Waals surface area contributed by atoms with Crippen LogP contribution in [-0.2, 0) is 4.79 Å². The highest BCUT2D eigenvalue weighted by molar-refractivity contribution is 6.33. The monoisotopic (exact) mass is 398 g/mol. The molecule has 2 aromatic rings. The fourth-order valence-corrected chi connectivity index (χ4v) is 2.60. The molecule has 5 nitrogen and oxygen atoms in total. The molecule has 0 unspecified atom stereocenters. The van der Waals surface area contributed by atoms with Crippen LogP contribution in [0.5, 0.6) is 5.75 Å². The number of nitrogens with one attached hydrogen (secondary N) is 2. The van der Waals surface area contributed by atoms with Crippen LogP contribution in [0.1, 0.15) is 28.8 Å². The van der Waals surface area contributed by atoms with E-state index in [2.05, 4.69) is 10.9 Å². The Morgan fingerprint density at radius 3 is 2.58 bits per heavy atom. The van der Waals surface area contributed by atoms with Gasteiger partial charge in [-0.2, -0.15) is 0 Å². The number of aryl methyl sites for hydroxylation is 1. The smallest absolute Gasteiger partial charge is 0.271 e. The van der Waals surface area contributed by atoms with Crippen LogP contribution in [0.2, 0.25) is 10.0 Å². The number of carbonyl (C=O) groups is 2.